The molecule has 0 saturated carbocycles. The molecule has 37 heavy (non-hydrogen) atoms. The van der Waals surface area contributed by atoms with Crippen LogP contribution in [0.5, 0.6) is 0 Å². The summed E-state index contributed by atoms with van der Waals surface area (Å²) in [5.74, 6) is 1.08. The van der Waals surface area contributed by atoms with Crippen LogP contribution in [0.4, 0.5) is 16.0 Å². The molecule has 1 saturated heterocycles. The average molecular weight is 500 g/mol. The standard InChI is InChI=1S/C28H30FN7O/c1-17-9-18(2)31-15-24(17)23-10-19-12-26(32-14-20(19)11-25(23)29)33-27-13-22-5-8-35(21-3-6-30-7-4-21)28(37)16-36(22)34-27/h9-15,21,30H,3-8,16H2,1-2H3,(H,32,33,34). The normalized spacial score (nSPS) is 16.6. The Morgan fingerprint density at radius 3 is 2.62 bits per heavy atom. The van der Waals surface area contributed by atoms with Crippen molar-refractivity contribution < 1.29 is 9.18 Å². The van der Waals surface area contributed by atoms with E-state index in [1.54, 1.807) is 17.1 Å². The molecule has 2 aliphatic rings. The topological polar surface area (TPSA) is 88.0 Å². The Hall–Kier alpha value is -3.85. The number of amides is 1. The van der Waals surface area contributed by atoms with Gasteiger partial charge in [0, 0.05) is 65.4 Å². The van der Waals surface area contributed by atoms with E-state index in [1.165, 1.54) is 6.07 Å². The number of nitrogens with one attached hydrogen (secondary N) is 2. The molecule has 2 N–H and O–H groups in total. The molecule has 3 aromatic heterocycles. The second kappa shape index (κ2) is 9.55. The SMILES string of the molecule is Cc1cc(C)c(-c2cc3cc(Nc4cc5n(n4)CC(=O)N(C4CCNCC4)CC5)ncc3cc2F)cn1. The van der Waals surface area contributed by atoms with E-state index in [0.717, 1.165) is 60.3 Å². The van der Waals surface area contributed by atoms with Crippen LogP contribution in [0.1, 0.15) is 29.8 Å². The molecule has 0 unspecified atom stereocenters. The summed E-state index contributed by atoms with van der Waals surface area (Å²) in [6.07, 6.45) is 6.15. The highest BCUT2D eigenvalue weighted by atomic mass is 19.1. The summed E-state index contributed by atoms with van der Waals surface area (Å²) in [7, 11) is 0. The van der Waals surface area contributed by atoms with Crippen LogP contribution in [0.25, 0.3) is 21.9 Å². The zero-order chi connectivity index (χ0) is 25.5. The number of anilines is 2. The van der Waals surface area contributed by atoms with Crippen LogP contribution in [0, 0.1) is 19.7 Å². The van der Waals surface area contributed by atoms with Crippen molar-refractivity contribution in [1.82, 2.24) is 30.0 Å². The Bertz CT molecular complexity index is 1490. The zero-order valence-electron chi connectivity index (χ0n) is 21.1. The molecule has 1 amide bonds. The first-order valence-corrected chi connectivity index (χ1v) is 12.8. The first-order chi connectivity index (χ1) is 17.9. The minimum atomic E-state index is -0.301. The van der Waals surface area contributed by atoms with Gasteiger partial charge < -0.3 is 15.5 Å². The maximum absolute atomic E-state index is 15.0. The first kappa shape index (κ1) is 23.5. The molecule has 4 aromatic rings. The number of pyridine rings is 2. The van der Waals surface area contributed by atoms with Gasteiger partial charge in [0.2, 0.25) is 5.91 Å². The van der Waals surface area contributed by atoms with Crippen LogP contribution in [0.15, 0.2) is 42.7 Å². The van der Waals surface area contributed by atoms with Gasteiger partial charge >= 0.3 is 0 Å². The van der Waals surface area contributed by atoms with Gasteiger partial charge in [0.05, 0.1) is 0 Å². The number of carbonyl (C=O) groups excluding carboxylic acids is 1. The Labute approximate surface area is 214 Å². The van der Waals surface area contributed by atoms with Crippen molar-refractivity contribution in [3.05, 3.63) is 65.5 Å². The summed E-state index contributed by atoms with van der Waals surface area (Å²) >= 11 is 0. The molecule has 0 spiro atoms. The van der Waals surface area contributed by atoms with E-state index >= 15 is 0 Å². The van der Waals surface area contributed by atoms with Gasteiger partial charge in [0.25, 0.3) is 0 Å². The van der Waals surface area contributed by atoms with Crippen molar-refractivity contribution in [2.45, 2.75) is 45.7 Å². The predicted octanol–water partition coefficient (Wildman–Crippen LogP) is 4.13. The van der Waals surface area contributed by atoms with Crippen LogP contribution in [-0.2, 0) is 17.8 Å². The van der Waals surface area contributed by atoms with E-state index < -0.39 is 0 Å². The van der Waals surface area contributed by atoms with Crippen molar-refractivity contribution in [3.63, 3.8) is 0 Å². The third-order valence-corrected chi connectivity index (χ3v) is 7.43. The number of benzene rings is 1. The largest absolute Gasteiger partial charge is 0.338 e. The average Bonchev–Trinajstić information content (AvgIpc) is 3.18. The molecule has 9 heteroatoms. The smallest absolute Gasteiger partial charge is 0.244 e. The third kappa shape index (κ3) is 4.67. The van der Waals surface area contributed by atoms with Gasteiger partial charge in [-0.05, 0) is 75.0 Å². The molecule has 0 aliphatic carbocycles. The summed E-state index contributed by atoms with van der Waals surface area (Å²) in [5, 5.41) is 12.9. The van der Waals surface area contributed by atoms with E-state index in [-0.39, 0.29) is 18.3 Å². The number of carbonyl (C=O) groups is 1. The number of aromatic nitrogens is 4. The van der Waals surface area contributed by atoms with Gasteiger partial charge in [0.15, 0.2) is 5.82 Å². The molecular weight excluding hydrogens is 469 g/mol. The van der Waals surface area contributed by atoms with Crippen LogP contribution in [0.3, 0.4) is 0 Å². The third-order valence-electron chi connectivity index (χ3n) is 7.43. The summed E-state index contributed by atoms with van der Waals surface area (Å²) in [4.78, 5) is 23.8. The van der Waals surface area contributed by atoms with E-state index in [0.29, 0.717) is 35.2 Å². The number of fused-ring (bicyclic) bond motifs is 2. The Kier molecular flexibility index (Phi) is 6.08. The second-order valence-corrected chi connectivity index (χ2v) is 10.0. The lowest BCUT2D eigenvalue weighted by atomic mass is 9.99. The number of hydrogen-bond acceptors (Lipinski definition) is 6. The molecule has 8 nitrogen and oxygen atoms in total. The first-order valence-electron chi connectivity index (χ1n) is 12.8. The molecular formula is C28H30FN7O. The maximum atomic E-state index is 15.0. The van der Waals surface area contributed by atoms with Gasteiger partial charge in [-0.25, -0.2) is 9.37 Å². The lowest BCUT2D eigenvalue weighted by Crippen LogP contribution is -2.47. The molecule has 5 heterocycles. The number of aryl methyl sites for hydroxylation is 2. The quantitative estimate of drug-likeness (QED) is 0.439. The van der Waals surface area contributed by atoms with Crippen molar-refractivity contribution >= 4 is 28.3 Å². The Morgan fingerprint density at radius 1 is 0.973 bits per heavy atom. The van der Waals surface area contributed by atoms with Gasteiger partial charge in [-0.2, -0.15) is 5.10 Å². The number of hydrogen-bond donors (Lipinski definition) is 2. The number of halogens is 1. The summed E-state index contributed by atoms with van der Waals surface area (Å²) in [5.41, 5.74) is 4.19. The van der Waals surface area contributed by atoms with Crippen LogP contribution < -0.4 is 10.6 Å². The van der Waals surface area contributed by atoms with E-state index in [9.17, 15) is 9.18 Å². The van der Waals surface area contributed by atoms with E-state index in [2.05, 4.69) is 25.7 Å². The summed E-state index contributed by atoms with van der Waals surface area (Å²) in [6.45, 7) is 6.77. The molecule has 1 aromatic carbocycles. The van der Waals surface area contributed by atoms with Crippen molar-refractivity contribution in [3.8, 4) is 11.1 Å². The maximum Gasteiger partial charge on any atom is 0.244 e. The van der Waals surface area contributed by atoms with Gasteiger partial charge in [-0.1, -0.05) is 0 Å². The fourth-order valence-corrected chi connectivity index (χ4v) is 5.49. The van der Waals surface area contributed by atoms with Crippen molar-refractivity contribution in [2.24, 2.45) is 0 Å². The number of rotatable bonds is 4. The fraction of sp³-hybridized carbons (Fsp3) is 0.357. The van der Waals surface area contributed by atoms with Gasteiger partial charge in [0.1, 0.15) is 18.2 Å². The van der Waals surface area contributed by atoms with Crippen LogP contribution >= 0.6 is 0 Å². The van der Waals surface area contributed by atoms with Gasteiger partial charge in [-0.3, -0.25) is 14.5 Å². The lowest BCUT2D eigenvalue weighted by molar-refractivity contribution is -0.134. The Balaban J connectivity index is 1.23. The van der Waals surface area contributed by atoms with Crippen LogP contribution in [0.2, 0.25) is 0 Å². The molecule has 6 rings (SSSR count). The minimum absolute atomic E-state index is 0.125. The molecule has 190 valence electrons. The lowest BCUT2D eigenvalue weighted by Gasteiger charge is -2.33. The zero-order valence-corrected chi connectivity index (χ0v) is 21.1. The number of piperidine rings is 1. The Morgan fingerprint density at radius 2 is 1.81 bits per heavy atom. The highest BCUT2D eigenvalue weighted by molar-refractivity contribution is 5.89. The highest BCUT2D eigenvalue weighted by Crippen LogP contribution is 2.31. The molecule has 2 aliphatic heterocycles. The molecule has 0 bridgehead atoms. The summed E-state index contributed by atoms with van der Waals surface area (Å²) in [6, 6.07) is 9.50. The van der Waals surface area contributed by atoms with E-state index in [1.807, 2.05) is 43.0 Å². The summed E-state index contributed by atoms with van der Waals surface area (Å²) < 4.78 is 16.8. The molecule has 1 fully saturated rings. The molecule has 0 atom stereocenters. The highest BCUT2D eigenvalue weighted by Gasteiger charge is 2.28. The van der Waals surface area contributed by atoms with Crippen molar-refractivity contribution in [1.29, 1.82) is 0 Å². The minimum Gasteiger partial charge on any atom is -0.338 e. The van der Waals surface area contributed by atoms with E-state index in [4.69, 9.17) is 0 Å². The number of nitrogens with zero attached hydrogens (tertiary/aromatic N) is 5. The van der Waals surface area contributed by atoms with Crippen molar-refractivity contribution in [2.75, 3.05) is 25.0 Å². The van der Waals surface area contributed by atoms with Gasteiger partial charge in [-0.15, -0.1) is 0 Å². The van der Waals surface area contributed by atoms with Crippen LogP contribution in [-0.4, -0.2) is 56.2 Å². The predicted molar refractivity (Wildman–Crippen MR) is 141 cm³/mol. The monoisotopic (exact) mass is 499 g/mol. The second-order valence-electron chi connectivity index (χ2n) is 10.0. The fourth-order valence-electron chi connectivity index (χ4n) is 5.49. The molecule has 0 radical (unpaired) electrons.